The molecule has 0 radical (unpaired) electrons. The lowest BCUT2D eigenvalue weighted by molar-refractivity contribution is -0.0489. The molecular weight excluding hydrogens is 438 g/mol. The molecule has 178 valence electrons. The van der Waals surface area contributed by atoms with Crippen LogP contribution in [0.25, 0.3) is 16.7 Å². The standard InChI is InChI=1S/C22H27N9O3/c1-11-19(22(2,3)33)27-21(32)13-9-24-31-17(23-4)8-16(26-20(13)31)25-14-6-12(10-34-11)7-15-18(14)28-29-30(15)5/h6-9,11,19,23,33H,10H2,1-5H3,(H,25,26)(H,27,32)/t11-,19+/m1/s1. The summed E-state index contributed by atoms with van der Waals surface area (Å²) < 4.78 is 9.37. The first-order valence-corrected chi connectivity index (χ1v) is 11.0. The topological polar surface area (TPSA) is 144 Å². The number of amides is 1. The zero-order valence-corrected chi connectivity index (χ0v) is 19.6. The second-order valence-electron chi connectivity index (χ2n) is 9.04. The summed E-state index contributed by atoms with van der Waals surface area (Å²) in [6.07, 6.45) is 0.963. The first kappa shape index (κ1) is 22.0. The van der Waals surface area contributed by atoms with E-state index in [2.05, 4.69) is 36.3 Å². The minimum absolute atomic E-state index is 0.257. The molecule has 34 heavy (non-hydrogen) atoms. The second kappa shape index (κ2) is 7.92. The summed E-state index contributed by atoms with van der Waals surface area (Å²) in [5.41, 5.74) is 2.49. The number of anilines is 3. The molecule has 4 bridgehead atoms. The van der Waals surface area contributed by atoms with Crippen LogP contribution in [0.4, 0.5) is 17.3 Å². The summed E-state index contributed by atoms with van der Waals surface area (Å²) in [6.45, 7) is 5.36. The predicted octanol–water partition coefficient (Wildman–Crippen LogP) is 1.58. The first-order valence-electron chi connectivity index (χ1n) is 11.0. The van der Waals surface area contributed by atoms with Crippen LogP contribution in [0, 0.1) is 0 Å². The number of carbonyl (C=O) groups is 1. The zero-order valence-electron chi connectivity index (χ0n) is 19.6. The van der Waals surface area contributed by atoms with Gasteiger partial charge < -0.3 is 25.8 Å². The lowest BCUT2D eigenvalue weighted by Gasteiger charge is -2.34. The summed E-state index contributed by atoms with van der Waals surface area (Å²) in [6, 6.07) is 5.00. The maximum atomic E-state index is 13.3. The van der Waals surface area contributed by atoms with E-state index in [1.165, 1.54) is 6.20 Å². The molecule has 0 spiro atoms. The largest absolute Gasteiger partial charge is 0.388 e. The third kappa shape index (κ3) is 3.70. The molecule has 1 amide bonds. The van der Waals surface area contributed by atoms with Crippen LogP contribution in [0.2, 0.25) is 0 Å². The molecule has 0 saturated carbocycles. The van der Waals surface area contributed by atoms with E-state index in [1.54, 1.807) is 36.2 Å². The average molecular weight is 466 g/mol. The van der Waals surface area contributed by atoms with E-state index in [9.17, 15) is 9.90 Å². The lowest BCUT2D eigenvalue weighted by atomic mass is 9.94. The highest BCUT2D eigenvalue weighted by Gasteiger charge is 2.35. The van der Waals surface area contributed by atoms with Gasteiger partial charge in [-0.05, 0) is 38.5 Å². The van der Waals surface area contributed by atoms with Gasteiger partial charge >= 0.3 is 0 Å². The Labute approximate surface area is 195 Å². The number of aliphatic hydroxyl groups is 1. The molecule has 12 heteroatoms. The summed E-state index contributed by atoms with van der Waals surface area (Å²) >= 11 is 0. The van der Waals surface area contributed by atoms with Crippen molar-refractivity contribution in [3.8, 4) is 0 Å². The number of hydrogen-bond acceptors (Lipinski definition) is 9. The number of rotatable bonds is 2. The summed E-state index contributed by atoms with van der Waals surface area (Å²) in [5.74, 6) is 0.734. The Bertz CT molecular complexity index is 1400. The van der Waals surface area contributed by atoms with Crippen molar-refractivity contribution < 1.29 is 14.6 Å². The smallest absolute Gasteiger partial charge is 0.257 e. The van der Waals surface area contributed by atoms with Gasteiger partial charge in [-0.1, -0.05) is 5.21 Å². The van der Waals surface area contributed by atoms with Crippen LogP contribution in [0.1, 0.15) is 36.7 Å². The van der Waals surface area contributed by atoms with E-state index in [1.807, 2.05) is 26.1 Å². The Kier molecular flexibility index (Phi) is 5.14. The molecular formula is C22H27N9O3. The molecule has 5 rings (SSSR count). The number of ether oxygens (including phenoxy) is 1. The SMILES string of the molecule is CNc1cc2nc3c(cnn13)C(=O)N[C@H](C(C)(C)O)[C@@H](C)OCc1cc(c3nnn(C)c3c1)N2. The third-order valence-corrected chi connectivity index (χ3v) is 6.04. The fraction of sp³-hybridized carbons (Fsp3) is 0.409. The number of benzene rings is 1. The Morgan fingerprint density at radius 3 is 2.82 bits per heavy atom. The van der Waals surface area contributed by atoms with Gasteiger partial charge in [0.1, 0.15) is 22.7 Å². The summed E-state index contributed by atoms with van der Waals surface area (Å²) in [5, 5.41) is 33.0. The molecule has 2 atom stereocenters. The van der Waals surface area contributed by atoms with E-state index < -0.39 is 23.7 Å². The van der Waals surface area contributed by atoms with Crippen molar-refractivity contribution in [1.82, 2.24) is 34.9 Å². The maximum Gasteiger partial charge on any atom is 0.257 e. The van der Waals surface area contributed by atoms with Crippen LogP contribution >= 0.6 is 0 Å². The Balaban J connectivity index is 1.73. The molecule has 0 fully saturated rings. The van der Waals surface area contributed by atoms with Gasteiger partial charge in [-0.2, -0.15) is 9.61 Å². The van der Waals surface area contributed by atoms with Crippen molar-refractivity contribution in [1.29, 1.82) is 0 Å². The van der Waals surface area contributed by atoms with Crippen molar-refractivity contribution in [2.45, 2.75) is 45.1 Å². The Hall–Kier alpha value is -3.77. The van der Waals surface area contributed by atoms with Gasteiger partial charge in [-0.25, -0.2) is 9.67 Å². The van der Waals surface area contributed by atoms with Gasteiger partial charge in [0.05, 0.1) is 41.8 Å². The molecule has 4 N–H and O–H groups in total. The van der Waals surface area contributed by atoms with Gasteiger partial charge in [-0.15, -0.1) is 5.10 Å². The van der Waals surface area contributed by atoms with Crippen LogP contribution in [-0.4, -0.2) is 65.4 Å². The number of aryl methyl sites for hydroxylation is 1. The maximum absolute atomic E-state index is 13.3. The summed E-state index contributed by atoms with van der Waals surface area (Å²) in [4.78, 5) is 18.0. The van der Waals surface area contributed by atoms with Crippen LogP contribution in [0.3, 0.4) is 0 Å². The number of nitrogens with one attached hydrogen (secondary N) is 3. The molecule has 3 aromatic heterocycles. The third-order valence-electron chi connectivity index (χ3n) is 6.04. The lowest BCUT2D eigenvalue weighted by Crippen LogP contribution is -2.55. The molecule has 1 aromatic carbocycles. The van der Waals surface area contributed by atoms with Crippen LogP contribution in [0.15, 0.2) is 24.4 Å². The quantitative estimate of drug-likeness (QED) is 0.347. The number of aromatic nitrogens is 6. The number of nitrogens with zero attached hydrogens (tertiary/aromatic N) is 6. The Morgan fingerprint density at radius 1 is 1.29 bits per heavy atom. The number of hydrogen-bond donors (Lipinski definition) is 4. The van der Waals surface area contributed by atoms with Crippen LogP contribution in [-0.2, 0) is 18.4 Å². The van der Waals surface area contributed by atoms with E-state index in [0.29, 0.717) is 28.5 Å². The van der Waals surface area contributed by atoms with Crippen LogP contribution < -0.4 is 16.0 Å². The molecule has 12 nitrogen and oxygen atoms in total. The fourth-order valence-electron chi connectivity index (χ4n) is 4.28. The molecule has 1 aliphatic heterocycles. The normalized spacial score (nSPS) is 19.2. The van der Waals surface area contributed by atoms with Crippen molar-refractivity contribution >= 4 is 39.9 Å². The highest BCUT2D eigenvalue weighted by molar-refractivity contribution is 6.00. The summed E-state index contributed by atoms with van der Waals surface area (Å²) in [7, 11) is 3.59. The fourth-order valence-corrected chi connectivity index (χ4v) is 4.28. The predicted molar refractivity (Wildman–Crippen MR) is 126 cm³/mol. The molecule has 1 aliphatic rings. The van der Waals surface area contributed by atoms with Gasteiger partial charge in [0, 0.05) is 20.2 Å². The monoisotopic (exact) mass is 465 g/mol. The van der Waals surface area contributed by atoms with Gasteiger partial charge in [0.25, 0.3) is 5.91 Å². The van der Waals surface area contributed by atoms with Crippen molar-refractivity contribution in [2.75, 3.05) is 17.7 Å². The number of fused-ring (bicyclic) bond motifs is 5. The van der Waals surface area contributed by atoms with Crippen molar-refractivity contribution in [2.24, 2.45) is 7.05 Å². The molecule has 0 unspecified atom stereocenters. The van der Waals surface area contributed by atoms with Gasteiger partial charge in [0.2, 0.25) is 0 Å². The molecule has 4 heterocycles. The highest BCUT2D eigenvalue weighted by Crippen LogP contribution is 2.29. The van der Waals surface area contributed by atoms with E-state index >= 15 is 0 Å². The number of carbonyl (C=O) groups excluding carboxylic acids is 1. The first-order chi connectivity index (χ1) is 16.2. The van der Waals surface area contributed by atoms with Crippen molar-refractivity contribution in [3.63, 3.8) is 0 Å². The average Bonchev–Trinajstić information content (AvgIpc) is 3.38. The molecule has 4 aromatic rings. The van der Waals surface area contributed by atoms with Crippen molar-refractivity contribution in [3.05, 3.63) is 35.5 Å². The zero-order chi connectivity index (χ0) is 24.2. The second-order valence-corrected chi connectivity index (χ2v) is 9.04. The highest BCUT2D eigenvalue weighted by atomic mass is 16.5. The van der Waals surface area contributed by atoms with E-state index in [0.717, 1.165) is 11.1 Å². The van der Waals surface area contributed by atoms with Crippen LogP contribution in [0.5, 0.6) is 0 Å². The molecule has 0 aliphatic carbocycles. The molecule has 0 saturated heterocycles. The minimum Gasteiger partial charge on any atom is -0.388 e. The van der Waals surface area contributed by atoms with Gasteiger partial charge in [0.15, 0.2) is 5.65 Å². The minimum atomic E-state index is -1.24. The van der Waals surface area contributed by atoms with E-state index in [-0.39, 0.29) is 12.2 Å². The Morgan fingerprint density at radius 2 is 2.09 bits per heavy atom. The van der Waals surface area contributed by atoms with Gasteiger partial charge in [-0.3, -0.25) is 4.79 Å². The van der Waals surface area contributed by atoms with E-state index in [4.69, 9.17) is 4.74 Å².